The van der Waals surface area contributed by atoms with Crippen molar-refractivity contribution in [1.82, 2.24) is 10.3 Å². The number of hydrogen-bond donors (Lipinski definition) is 1. The molecule has 0 aliphatic carbocycles. The third-order valence-electron chi connectivity index (χ3n) is 4.37. The fourth-order valence-electron chi connectivity index (χ4n) is 2.91. The van der Waals surface area contributed by atoms with E-state index in [0.29, 0.717) is 19.5 Å². The number of rotatable bonds is 5. The van der Waals surface area contributed by atoms with E-state index in [1.165, 1.54) is 5.56 Å². The molecule has 1 fully saturated rings. The highest BCUT2D eigenvalue weighted by Gasteiger charge is 2.37. The zero-order valence-corrected chi connectivity index (χ0v) is 13.7. The molecule has 3 rings (SSSR count). The largest absolute Gasteiger partial charge is 0.351 e. The SMILES string of the molecule is CCc1ccc(N2CC[C@H](C(=O)NCc3cccnc3)C2=O)cc1. The van der Waals surface area contributed by atoms with Gasteiger partial charge in [-0.3, -0.25) is 14.6 Å². The first-order chi connectivity index (χ1) is 11.7. The molecule has 2 aromatic rings. The topological polar surface area (TPSA) is 62.3 Å². The number of carbonyl (C=O) groups is 2. The number of carbonyl (C=O) groups excluding carboxylic acids is 2. The fourth-order valence-corrected chi connectivity index (χ4v) is 2.91. The van der Waals surface area contributed by atoms with Crippen molar-refractivity contribution in [2.75, 3.05) is 11.4 Å². The molecule has 0 bridgehead atoms. The number of benzene rings is 1. The Hall–Kier alpha value is -2.69. The summed E-state index contributed by atoms with van der Waals surface area (Å²) in [4.78, 5) is 30.6. The molecule has 1 aliphatic heterocycles. The van der Waals surface area contributed by atoms with Crippen molar-refractivity contribution >= 4 is 17.5 Å². The molecule has 0 unspecified atom stereocenters. The van der Waals surface area contributed by atoms with Gasteiger partial charge in [-0.1, -0.05) is 25.1 Å². The Morgan fingerprint density at radius 2 is 2.04 bits per heavy atom. The summed E-state index contributed by atoms with van der Waals surface area (Å²) in [5.74, 6) is -0.938. The van der Waals surface area contributed by atoms with Gasteiger partial charge < -0.3 is 10.2 Å². The zero-order chi connectivity index (χ0) is 16.9. The van der Waals surface area contributed by atoms with E-state index in [9.17, 15) is 9.59 Å². The van der Waals surface area contributed by atoms with Crippen LogP contribution in [0.4, 0.5) is 5.69 Å². The second-order valence-corrected chi connectivity index (χ2v) is 5.93. The molecule has 24 heavy (non-hydrogen) atoms. The molecule has 2 heterocycles. The molecule has 1 saturated heterocycles. The van der Waals surface area contributed by atoms with Gasteiger partial charge in [-0.2, -0.15) is 0 Å². The van der Waals surface area contributed by atoms with E-state index in [1.54, 1.807) is 17.3 Å². The maximum atomic E-state index is 12.6. The monoisotopic (exact) mass is 323 g/mol. The van der Waals surface area contributed by atoms with Crippen molar-refractivity contribution in [3.8, 4) is 0 Å². The van der Waals surface area contributed by atoms with Crippen molar-refractivity contribution in [3.63, 3.8) is 0 Å². The minimum Gasteiger partial charge on any atom is -0.351 e. The average Bonchev–Trinajstić information content (AvgIpc) is 3.02. The lowest BCUT2D eigenvalue weighted by atomic mass is 10.1. The van der Waals surface area contributed by atoms with Crippen LogP contribution in [0.5, 0.6) is 0 Å². The van der Waals surface area contributed by atoms with E-state index in [0.717, 1.165) is 17.7 Å². The second-order valence-electron chi connectivity index (χ2n) is 5.93. The quantitative estimate of drug-likeness (QED) is 0.859. The average molecular weight is 323 g/mol. The molecule has 0 spiro atoms. The summed E-state index contributed by atoms with van der Waals surface area (Å²) in [5, 5.41) is 2.84. The lowest BCUT2D eigenvalue weighted by molar-refractivity contribution is -0.132. The van der Waals surface area contributed by atoms with Gasteiger partial charge in [0.25, 0.3) is 0 Å². The lowest BCUT2D eigenvalue weighted by Crippen LogP contribution is -2.36. The molecular weight excluding hydrogens is 302 g/mol. The van der Waals surface area contributed by atoms with Crippen molar-refractivity contribution < 1.29 is 9.59 Å². The highest BCUT2D eigenvalue weighted by molar-refractivity contribution is 6.09. The van der Waals surface area contributed by atoms with Gasteiger partial charge in [-0.25, -0.2) is 0 Å². The summed E-state index contributed by atoms with van der Waals surface area (Å²) in [6.07, 6.45) is 4.91. The molecule has 1 atom stereocenters. The number of nitrogens with one attached hydrogen (secondary N) is 1. The van der Waals surface area contributed by atoms with Gasteiger partial charge in [0.1, 0.15) is 5.92 Å². The van der Waals surface area contributed by atoms with Gasteiger partial charge >= 0.3 is 0 Å². The minimum atomic E-state index is -0.604. The lowest BCUT2D eigenvalue weighted by Gasteiger charge is -2.17. The minimum absolute atomic E-state index is 0.122. The van der Waals surface area contributed by atoms with Crippen LogP contribution < -0.4 is 10.2 Å². The van der Waals surface area contributed by atoms with Crippen LogP contribution in [0.15, 0.2) is 48.8 Å². The van der Waals surface area contributed by atoms with Crippen LogP contribution in [-0.2, 0) is 22.6 Å². The normalized spacial score (nSPS) is 17.1. The standard InChI is InChI=1S/C19H21N3O2/c1-2-14-5-7-16(8-6-14)22-11-9-17(19(22)24)18(23)21-13-15-4-3-10-20-12-15/h3-8,10,12,17H,2,9,11,13H2,1H3,(H,21,23)/t17-/m1/s1. The third kappa shape index (κ3) is 3.45. The smallest absolute Gasteiger partial charge is 0.239 e. The first-order valence-corrected chi connectivity index (χ1v) is 8.26. The van der Waals surface area contributed by atoms with Gasteiger partial charge in [0, 0.05) is 31.2 Å². The molecule has 1 aromatic heterocycles. The van der Waals surface area contributed by atoms with Gasteiger partial charge in [0.2, 0.25) is 11.8 Å². The Labute approximate surface area is 141 Å². The second kappa shape index (κ2) is 7.25. The summed E-state index contributed by atoms with van der Waals surface area (Å²) in [6, 6.07) is 11.7. The van der Waals surface area contributed by atoms with Gasteiger partial charge in [-0.15, -0.1) is 0 Å². The fraction of sp³-hybridized carbons (Fsp3) is 0.316. The van der Waals surface area contributed by atoms with E-state index in [-0.39, 0.29) is 11.8 Å². The zero-order valence-electron chi connectivity index (χ0n) is 13.7. The number of aryl methyl sites for hydroxylation is 1. The van der Waals surface area contributed by atoms with Crippen LogP contribution in [0.25, 0.3) is 0 Å². The highest BCUT2D eigenvalue weighted by Crippen LogP contribution is 2.25. The molecule has 0 radical (unpaired) electrons. The van der Waals surface area contributed by atoms with E-state index in [1.807, 2.05) is 36.4 Å². The molecule has 1 aromatic carbocycles. The van der Waals surface area contributed by atoms with Gasteiger partial charge in [-0.05, 0) is 42.2 Å². The summed E-state index contributed by atoms with van der Waals surface area (Å²) in [6.45, 7) is 3.07. The molecule has 0 saturated carbocycles. The Kier molecular flexibility index (Phi) is 4.89. The van der Waals surface area contributed by atoms with E-state index in [4.69, 9.17) is 0 Å². The van der Waals surface area contributed by atoms with E-state index in [2.05, 4.69) is 17.2 Å². The summed E-state index contributed by atoms with van der Waals surface area (Å²) >= 11 is 0. The molecule has 5 nitrogen and oxygen atoms in total. The van der Waals surface area contributed by atoms with Crippen LogP contribution in [0, 0.1) is 5.92 Å². The van der Waals surface area contributed by atoms with Crippen LogP contribution in [0.2, 0.25) is 0 Å². The number of anilines is 1. The number of pyridine rings is 1. The summed E-state index contributed by atoms with van der Waals surface area (Å²) in [7, 11) is 0. The maximum absolute atomic E-state index is 12.6. The predicted octanol–water partition coefficient (Wildman–Crippen LogP) is 2.31. The molecule has 5 heteroatoms. The van der Waals surface area contributed by atoms with Crippen molar-refractivity contribution in [2.24, 2.45) is 5.92 Å². The Morgan fingerprint density at radius 1 is 1.25 bits per heavy atom. The van der Waals surface area contributed by atoms with Crippen LogP contribution in [0.3, 0.4) is 0 Å². The van der Waals surface area contributed by atoms with Gasteiger partial charge in [0.15, 0.2) is 0 Å². The first-order valence-electron chi connectivity index (χ1n) is 8.26. The molecule has 2 amide bonds. The number of amides is 2. The van der Waals surface area contributed by atoms with Crippen LogP contribution >= 0.6 is 0 Å². The maximum Gasteiger partial charge on any atom is 0.239 e. The molecule has 124 valence electrons. The summed E-state index contributed by atoms with van der Waals surface area (Å²) in [5.41, 5.74) is 3.01. The molecular formula is C19H21N3O2. The van der Waals surface area contributed by atoms with Crippen molar-refractivity contribution in [3.05, 3.63) is 59.9 Å². The van der Waals surface area contributed by atoms with Crippen LogP contribution in [0.1, 0.15) is 24.5 Å². The Balaban J connectivity index is 1.61. The number of nitrogens with zero attached hydrogens (tertiary/aromatic N) is 2. The third-order valence-corrected chi connectivity index (χ3v) is 4.37. The van der Waals surface area contributed by atoms with Crippen LogP contribution in [-0.4, -0.2) is 23.3 Å². The van der Waals surface area contributed by atoms with Gasteiger partial charge in [0.05, 0.1) is 0 Å². The number of aromatic nitrogens is 1. The highest BCUT2D eigenvalue weighted by atomic mass is 16.2. The van der Waals surface area contributed by atoms with Crippen molar-refractivity contribution in [2.45, 2.75) is 26.3 Å². The number of hydrogen-bond acceptors (Lipinski definition) is 3. The predicted molar refractivity (Wildman–Crippen MR) is 92.4 cm³/mol. The Bertz CT molecular complexity index is 713. The first kappa shape index (κ1) is 16.2. The molecule has 1 aliphatic rings. The Morgan fingerprint density at radius 3 is 2.71 bits per heavy atom. The molecule has 1 N–H and O–H groups in total. The van der Waals surface area contributed by atoms with E-state index < -0.39 is 5.92 Å². The summed E-state index contributed by atoms with van der Waals surface area (Å²) < 4.78 is 0. The van der Waals surface area contributed by atoms with Crippen molar-refractivity contribution in [1.29, 1.82) is 0 Å². The van der Waals surface area contributed by atoms with E-state index >= 15 is 0 Å².